The molecule has 0 unspecified atom stereocenters. The van der Waals surface area contributed by atoms with Gasteiger partial charge in [0.25, 0.3) is 6.43 Å². The number of benzene rings is 1. The maximum atomic E-state index is 12.4. The molecule has 15 heavy (non-hydrogen) atoms. The van der Waals surface area contributed by atoms with E-state index in [1.165, 1.54) is 13.0 Å². The quantitative estimate of drug-likeness (QED) is 0.814. The highest BCUT2D eigenvalue weighted by Gasteiger charge is 2.16. The summed E-state index contributed by atoms with van der Waals surface area (Å²) in [7, 11) is 0. The lowest BCUT2D eigenvalue weighted by molar-refractivity contribution is -0.136. The van der Waals surface area contributed by atoms with Gasteiger partial charge in [0.05, 0.1) is 12.0 Å². The Balaban J connectivity index is 3.17. The standard InChI is InChI=1S/C10H10F2O3/c1-5-2-6(4-8(13)14)3-7(9(5)15)10(11)12/h2-3,10,15H,4H2,1H3,(H,13,14). The zero-order valence-electron chi connectivity index (χ0n) is 8.00. The summed E-state index contributed by atoms with van der Waals surface area (Å²) >= 11 is 0. The number of hydrogen-bond donors (Lipinski definition) is 2. The number of phenols is 1. The number of rotatable bonds is 3. The topological polar surface area (TPSA) is 57.5 Å². The van der Waals surface area contributed by atoms with E-state index in [0.29, 0.717) is 0 Å². The average Bonchev–Trinajstić information content (AvgIpc) is 2.09. The fourth-order valence-corrected chi connectivity index (χ4v) is 1.33. The molecular weight excluding hydrogens is 206 g/mol. The number of aromatic hydroxyl groups is 1. The lowest BCUT2D eigenvalue weighted by Crippen LogP contribution is -2.01. The van der Waals surface area contributed by atoms with Gasteiger partial charge in [-0.25, -0.2) is 8.78 Å². The summed E-state index contributed by atoms with van der Waals surface area (Å²) < 4.78 is 24.8. The van der Waals surface area contributed by atoms with Crippen LogP contribution in [-0.2, 0) is 11.2 Å². The van der Waals surface area contributed by atoms with E-state index in [2.05, 4.69) is 0 Å². The van der Waals surface area contributed by atoms with Gasteiger partial charge < -0.3 is 10.2 Å². The van der Waals surface area contributed by atoms with Gasteiger partial charge in [-0.3, -0.25) is 4.79 Å². The summed E-state index contributed by atoms with van der Waals surface area (Å²) in [6.07, 6.45) is -3.14. The molecule has 0 aliphatic carbocycles. The zero-order chi connectivity index (χ0) is 11.6. The highest BCUT2D eigenvalue weighted by molar-refractivity contribution is 5.70. The number of aliphatic carboxylic acids is 1. The second-order valence-corrected chi connectivity index (χ2v) is 3.22. The van der Waals surface area contributed by atoms with Crippen LogP contribution < -0.4 is 0 Å². The summed E-state index contributed by atoms with van der Waals surface area (Å²) in [5, 5.41) is 17.8. The SMILES string of the molecule is Cc1cc(CC(=O)O)cc(C(F)F)c1O. The molecule has 0 saturated heterocycles. The van der Waals surface area contributed by atoms with Crippen LogP contribution in [0.1, 0.15) is 23.1 Å². The third kappa shape index (κ3) is 2.65. The fourth-order valence-electron chi connectivity index (χ4n) is 1.33. The first-order chi connectivity index (χ1) is 6.91. The van der Waals surface area contributed by atoms with E-state index in [9.17, 15) is 18.7 Å². The lowest BCUT2D eigenvalue weighted by Gasteiger charge is -2.08. The van der Waals surface area contributed by atoms with Gasteiger partial charge in [0, 0.05) is 0 Å². The van der Waals surface area contributed by atoms with E-state index in [-0.39, 0.29) is 17.5 Å². The molecule has 0 bridgehead atoms. The lowest BCUT2D eigenvalue weighted by atomic mass is 10.0. The molecule has 0 atom stereocenters. The molecule has 0 aromatic heterocycles. The van der Waals surface area contributed by atoms with Crippen molar-refractivity contribution in [2.75, 3.05) is 0 Å². The minimum atomic E-state index is -2.81. The van der Waals surface area contributed by atoms with Gasteiger partial charge >= 0.3 is 5.97 Å². The highest BCUT2D eigenvalue weighted by atomic mass is 19.3. The molecule has 0 spiro atoms. The zero-order valence-corrected chi connectivity index (χ0v) is 8.00. The van der Waals surface area contributed by atoms with Gasteiger partial charge in [-0.15, -0.1) is 0 Å². The first-order valence-corrected chi connectivity index (χ1v) is 4.24. The van der Waals surface area contributed by atoms with Crippen LogP contribution in [0.3, 0.4) is 0 Å². The molecular formula is C10H10F2O3. The molecule has 0 aliphatic heterocycles. The summed E-state index contributed by atoms with van der Waals surface area (Å²) in [6.45, 7) is 1.45. The van der Waals surface area contributed by atoms with Crippen LogP contribution in [0, 0.1) is 6.92 Å². The Kier molecular flexibility index (Phi) is 3.24. The number of carboxylic acid groups (broad SMARTS) is 1. The van der Waals surface area contributed by atoms with Crippen LogP contribution >= 0.6 is 0 Å². The summed E-state index contributed by atoms with van der Waals surface area (Å²) in [4.78, 5) is 10.4. The number of carbonyl (C=O) groups is 1. The molecule has 0 saturated carbocycles. The van der Waals surface area contributed by atoms with Crippen molar-refractivity contribution in [3.05, 3.63) is 28.8 Å². The third-order valence-electron chi connectivity index (χ3n) is 1.98. The molecule has 0 fully saturated rings. The number of alkyl halides is 2. The summed E-state index contributed by atoms with van der Waals surface area (Å²) in [5.41, 5.74) is -0.0107. The smallest absolute Gasteiger partial charge is 0.307 e. The van der Waals surface area contributed by atoms with Crippen molar-refractivity contribution < 1.29 is 23.8 Å². The minimum Gasteiger partial charge on any atom is -0.507 e. The van der Waals surface area contributed by atoms with Crippen LogP contribution in [0.25, 0.3) is 0 Å². The molecule has 3 nitrogen and oxygen atoms in total. The monoisotopic (exact) mass is 216 g/mol. The average molecular weight is 216 g/mol. The molecule has 0 amide bonds. The van der Waals surface area contributed by atoms with E-state index in [1.807, 2.05) is 0 Å². The molecule has 0 aliphatic rings. The number of phenolic OH excluding ortho intramolecular Hbond substituents is 1. The van der Waals surface area contributed by atoms with E-state index >= 15 is 0 Å². The minimum absolute atomic E-state index is 0.254. The predicted octanol–water partition coefficient (Wildman–Crippen LogP) is 2.27. The molecule has 1 rings (SSSR count). The second-order valence-electron chi connectivity index (χ2n) is 3.22. The van der Waals surface area contributed by atoms with Crippen LogP contribution in [-0.4, -0.2) is 16.2 Å². The van der Waals surface area contributed by atoms with Gasteiger partial charge in [-0.05, 0) is 24.1 Å². The Bertz CT molecular complexity index is 388. The summed E-state index contributed by atoms with van der Waals surface area (Å²) in [6, 6.07) is 2.40. The Labute approximate surface area is 85.0 Å². The van der Waals surface area contributed by atoms with Crippen molar-refractivity contribution in [2.45, 2.75) is 19.8 Å². The van der Waals surface area contributed by atoms with Crippen molar-refractivity contribution in [1.29, 1.82) is 0 Å². The van der Waals surface area contributed by atoms with Crippen molar-refractivity contribution >= 4 is 5.97 Å². The number of halogens is 2. The number of aryl methyl sites for hydroxylation is 1. The molecule has 1 aromatic carbocycles. The normalized spacial score (nSPS) is 10.7. The maximum absolute atomic E-state index is 12.4. The molecule has 1 aromatic rings. The van der Waals surface area contributed by atoms with Gasteiger partial charge in [0.2, 0.25) is 0 Å². The fraction of sp³-hybridized carbons (Fsp3) is 0.300. The summed E-state index contributed by atoms with van der Waals surface area (Å²) in [5.74, 6) is -1.57. The predicted molar refractivity (Wildman–Crippen MR) is 49.1 cm³/mol. The van der Waals surface area contributed by atoms with Gasteiger partial charge in [0.1, 0.15) is 5.75 Å². The van der Waals surface area contributed by atoms with E-state index in [4.69, 9.17) is 5.11 Å². The van der Waals surface area contributed by atoms with Crippen LogP contribution in [0.4, 0.5) is 8.78 Å². The molecule has 0 heterocycles. The maximum Gasteiger partial charge on any atom is 0.307 e. The van der Waals surface area contributed by atoms with Crippen molar-refractivity contribution in [1.82, 2.24) is 0 Å². The molecule has 5 heteroatoms. The van der Waals surface area contributed by atoms with E-state index in [1.54, 1.807) is 0 Å². The first kappa shape index (κ1) is 11.4. The largest absolute Gasteiger partial charge is 0.507 e. The molecule has 2 N–H and O–H groups in total. The van der Waals surface area contributed by atoms with Crippen LogP contribution in [0.5, 0.6) is 5.75 Å². The second kappa shape index (κ2) is 4.25. The van der Waals surface area contributed by atoms with Gasteiger partial charge in [-0.2, -0.15) is 0 Å². The highest BCUT2D eigenvalue weighted by Crippen LogP contribution is 2.32. The third-order valence-corrected chi connectivity index (χ3v) is 1.98. The Hall–Kier alpha value is -1.65. The molecule has 82 valence electrons. The van der Waals surface area contributed by atoms with Gasteiger partial charge in [-0.1, -0.05) is 6.07 Å². The Morgan fingerprint density at radius 2 is 2.07 bits per heavy atom. The van der Waals surface area contributed by atoms with Gasteiger partial charge in [0.15, 0.2) is 0 Å². The van der Waals surface area contributed by atoms with E-state index < -0.39 is 23.7 Å². The van der Waals surface area contributed by atoms with Crippen LogP contribution in [0.2, 0.25) is 0 Å². The Morgan fingerprint density at radius 1 is 1.47 bits per heavy atom. The van der Waals surface area contributed by atoms with Crippen molar-refractivity contribution in [3.8, 4) is 5.75 Å². The van der Waals surface area contributed by atoms with Crippen LogP contribution in [0.15, 0.2) is 12.1 Å². The number of carboxylic acids is 1. The molecule has 0 radical (unpaired) electrons. The first-order valence-electron chi connectivity index (χ1n) is 4.24. The Morgan fingerprint density at radius 3 is 2.53 bits per heavy atom. The van der Waals surface area contributed by atoms with E-state index in [0.717, 1.165) is 6.07 Å². The van der Waals surface area contributed by atoms with Crippen molar-refractivity contribution in [2.24, 2.45) is 0 Å². The number of hydrogen-bond acceptors (Lipinski definition) is 2. The van der Waals surface area contributed by atoms with Crippen molar-refractivity contribution in [3.63, 3.8) is 0 Å².